The second-order valence-corrected chi connectivity index (χ2v) is 32.9. The fourth-order valence-corrected chi connectivity index (χ4v) is 8.89. The molecule has 63 heavy (non-hydrogen) atoms. The Bertz CT molecular complexity index is 2380. The van der Waals surface area contributed by atoms with Crippen molar-refractivity contribution in [3.8, 4) is 16.9 Å². The zero-order valence-corrected chi connectivity index (χ0v) is 47.7. The van der Waals surface area contributed by atoms with Crippen molar-refractivity contribution in [3.63, 3.8) is 0 Å². The first-order valence-corrected chi connectivity index (χ1v) is 29.0. The standard InChI is InChI=1S/C29H39O.C27H33.C2H6Si.2ClH.Zr/c1-18-12-19-16-24(29(8,9)10)26(30-11)25(23(19)13-18)20-14-21(27(2,3)4)17-22(15-20)28(5,6)7;1-17-11-19-13-18-9-8-10-23(18)25(24(19)12-17)20-14-21(26(2,3)4)16-22(15-20)27(5,6)7;1-3-2;;;/h12-17H,1-11H3;12-16,25H,8-10H2,1-7H3;1-2H3;2*1H;/q2*-1;;;;+2/p-2. The summed E-state index contributed by atoms with van der Waals surface area (Å²) in [6, 6.07) is 21.5. The van der Waals surface area contributed by atoms with Gasteiger partial charge in [-0.15, -0.1) is 46.2 Å². The van der Waals surface area contributed by atoms with Crippen LogP contribution in [0.1, 0.15) is 175 Å². The first kappa shape index (κ1) is 55.0. The molecule has 0 amide bonds. The summed E-state index contributed by atoms with van der Waals surface area (Å²) < 4.78 is 6.13. The molecule has 3 aliphatic carbocycles. The van der Waals surface area contributed by atoms with Crippen LogP contribution < -0.4 is 29.6 Å². The third-order valence-corrected chi connectivity index (χ3v) is 12.4. The zero-order valence-electron chi connectivity index (χ0n) is 42.7. The van der Waals surface area contributed by atoms with Gasteiger partial charge < -0.3 is 29.6 Å². The molecule has 7 rings (SSSR count). The van der Waals surface area contributed by atoms with Gasteiger partial charge >= 0.3 is 41.9 Å². The van der Waals surface area contributed by atoms with E-state index in [1.165, 1.54) is 96.8 Å². The first-order chi connectivity index (χ1) is 27.9. The number of hydrogen-bond donors (Lipinski definition) is 0. The van der Waals surface area contributed by atoms with Crippen LogP contribution in [-0.4, -0.2) is 12.5 Å². The van der Waals surface area contributed by atoms with Crippen LogP contribution in [0.2, 0.25) is 13.1 Å². The van der Waals surface area contributed by atoms with Gasteiger partial charge in [0.2, 0.25) is 0 Å². The van der Waals surface area contributed by atoms with E-state index in [0.717, 1.165) is 5.75 Å². The summed E-state index contributed by atoms with van der Waals surface area (Å²) in [4.78, 5) is 0. The maximum absolute atomic E-state index is 6.13. The molecule has 0 fully saturated rings. The van der Waals surface area contributed by atoms with E-state index in [1.54, 1.807) is 34.5 Å². The van der Waals surface area contributed by atoms with Gasteiger partial charge in [0.25, 0.3) is 0 Å². The van der Waals surface area contributed by atoms with Gasteiger partial charge in [-0.1, -0.05) is 165 Å². The third-order valence-electron chi connectivity index (χ3n) is 12.4. The Hall–Kier alpha value is -2.29. The van der Waals surface area contributed by atoms with Crippen LogP contribution in [0.3, 0.4) is 0 Å². The molecule has 0 bridgehead atoms. The molecule has 0 aromatic heterocycles. The van der Waals surface area contributed by atoms with Crippen molar-refractivity contribution >= 4 is 16.2 Å². The number of fused-ring (bicyclic) bond motifs is 2. The van der Waals surface area contributed by atoms with E-state index in [1.807, 2.05) is 7.11 Å². The molecule has 0 saturated carbocycles. The monoisotopic (exact) mass is 978 g/mol. The Kier molecular flexibility index (Phi) is 17.7. The molecule has 1 atom stereocenters. The Morgan fingerprint density at radius 3 is 1.57 bits per heavy atom. The van der Waals surface area contributed by atoms with Crippen LogP contribution in [0.4, 0.5) is 0 Å². The smallest absolute Gasteiger partial charge is 1.00 e. The van der Waals surface area contributed by atoms with Gasteiger partial charge in [0, 0.05) is 0 Å². The van der Waals surface area contributed by atoms with Gasteiger partial charge in [0.1, 0.15) is 5.75 Å². The number of rotatable bonds is 3. The molecule has 4 aromatic rings. The topological polar surface area (TPSA) is 9.23 Å². The fraction of sp³-hybridized carbons (Fsp3) is 0.500. The number of benzene rings is 3. The Labute approximate surface area is 412 Å². The Balaban J connectivity index is 0.000000301. The minimum atomic E-state index is -0.00600. The minimum absolute atomic E-state index is 0. The molecule has 0 radical (unpaired) electrons. The van der Waals surface area contributed by atoms with E-state index in [4.69, 9.17) is 4.74 Å². The van der Waals surface area contributed by atoms with Crippen LogP contribution >= 0.6 is 0 Å². The maximum atomic E-state index is 6.13. The summed E-state index contributed by atoms with van der Waals surface area (Å²) in [6.45, 7) is 43.5. The first-order valence-electron chi connectivity index (χ1n) is 22.8. The second-order valence-electron chi connectivity index (χ2n) is 23.6. The predicted molar refractivity (Wildman–Crippen MR) is 266 cm³/mol. The fourth-order valence-electron chi connectivity index (χ4n) is 8.89. The number of ether oxygens (including phenoxy) is 1. The van der Waals surface area contributed by atoms with Crippen molar-refractivity contribution in [2.75, 3.05) is 7.11 Å². The molecule has 0 saturated heterocycles. The zero-order chi connectivity index (χ0) is 45.8. The molecular formula is C58H78Cl2OSiZr-2. The van der Waals surface area contributed by atoms with Crippen molar-refractivity contribution in [2.45, 2.75) is 183 Å². The predicted octanol–water partition coefficient (Wildman–Crippen LogP) is 10.7. The van der Waals surface area contributed by atoms with E-state index < -0.39 is 0 Å². The van der Waals surface area contributed by atoms with E-state index in [0.29, 0.717) is 5.92 Å². The van der Waals surface area contributed by atoms with Crippen LogP contribution in [-0.2, 0) is 50.4 Å². The van der Waals surface area contributed by atoms with E-state index in [9.17, 15) is 0 Å². The quantitative estimate of drug-likeness (QED) is 0.147. The molecular weight excluding hydrogens is 903 g/mol. The van der Waals surface area contributed by atoms with E-state index >= 15 is 0 Å². The van der Waals surface area contributed by atoms with Crippen molar-refractivity contribution in [3.05, 3.63) is 140 Å². The summed E-state index contributed by atoms with van der Waals surface area (Å²) in [6.07, 6.45) is 12.2. The summed E-state index contributed by atoms with van der Waals surface area (Å²) in [5.74, 6) is 1.42. The minimum Gasteiger partial charge on any atom is -1.00 e. The van der Waals surface area contributed by atoms with Crippen molar-refractivity contribution in [1.82, 2.24) is 0 Å². The summed E-state index contributed by atoms with van der Waals surface area (Å²) in [5, 5.41) is 2.58. The van der Waals surface area contributed by atoms with Gasteiger partial charge in [-0.2, -0.15) is 23.3 Å². The van der Waals surface area contributed by atoms with Crippen molar-refractivity contribution in [1.29, 1.82) is 0 Å². The molecule has 0 spiro atoms. The second kappa shape index (κ2) is 20.3. The largest absolute Gasteiger partial charge is 1.00 e. The Morgan fingerprint density at radius 2 is 1.13 bits per heavy atom. The number of aryl methyl sites for hydroxylation is 1. The molecule has 4 aromatic carbocycles. The van der Waals surface area contributed by atoms with Crippen molar-refractivity contribution < 1.29 is 52.9 Å². The molecule has 3 aliphatic rings. The third kappa shape index (κ3) is 13.0. The van der Waals surface area contributed by atoms with Gasteiger partial charge in [0.05, 0.1) is 7.11 Å². The van der Waals surface area contributed by atoms with Gasteiger partial charge in [-0.3, -0.25) is 0 Å². The normalized spacial score (nSPS) is 16.3. The summed E-state index contributed by atoms with van der Waals surface area (Å²) in [7, 11) is 1.81. The Morgan fingerprint density at radius 1 is 0.651 bits per heavy atom. The maximum Gasteiger partial charge on any atom is -1.00 e. The van der Waals surface area contributed by atoms with E-state index in [2.05, 4.69) is 204 Å². The SMILES string of the molecule is CC1=[C-]C2=CC3=C(CCC3)C(c3cc(C(C)(C)C)cc(C(C)(C)C)c3)C2=C1.COc1c(C(C)(C)C)cc2[cH-]c(C)cc2c1-c1cc(C(C)(C)C)cc(C(C)(C)C)c1.C[Si](C)=[Zr+2].[Cl-].[Cl-]. The average molecular weight is 981 g/mol. The molecule has 0 aliphatic heterocycles. The molecule has 340 valence electrons. The van der Waals surface area contributed by atoms with Crippen LogP contribution in [0.15, 0.2) is 94.6 Å². The molecule has 5 heteroatoms. The van der Waals surface area contributed by atoms with Gasteiger partial charge in [-0.05, 0) is 96.8 Å². The number of halogens is 2. The van der Waals surface area contributed by atoms with Gasteiger partial charge in [-0.25, -0.2) is 0 Å². The molecule has 1 nitrogen and oxygen atoms in total. The molecule has 0 N–H and O–H groups in total. The van der Waals surface area contributed by atoms with Crippen LogP contribution in [0.25, 0.3) is 21.9 Å². The number of hydrogen-bond acceptors (Lipinski definition) is 1. The van der Waals surface area contributed by atoms with E-state index in [-0.39, 0.29) is 57.3 Å². The average Bonchev–Trinajstić information content (AvgIpc) is 3.84. The van der Waals surface area contributed by atoms with Crippen molar-refractivity contribution in [2.24, 2.45) is 0 Å². The summed E-state index contributed by atoms with van der Waals surface area (Å²) in [5.41, 5.74) is 20.1. The summed E-state index contributed by atoms with van der Waals surface area (Å²) >= 11 is 1.74. The number of allylic oxidation sites excluding steroid dienone is 8. The van der Waals surface area contributed by atoms with Crippen LogP contribution in [0.5, 0.6) is 5.75 Å². The number of methoxy groups -OCH3 is 1. The molecule has 1 unspecified atom stereocenters. The van der Waals surface area contributed by atoms with Gasteiger partial charge in [0.15, 0.2) is 0 Å². The molecule has 0 heterocycles. The van der Waals surface area contributed by atoms with Crippen LogP contribution in [0, 0.1) is 13.0 Å².